The molecule has 0 fully saturated rings. The molecule has 0 aliphatic carbocycles. The molecule has 7 N–H and O–H groups in total. The molecule has 0 spiro atoms. The van der Waals surface area contributed by atoms with Gasteiger partial charge in [-0.1, -0.05) is 28.1 Å². The molecule has 0 saturated carbocycles. The Morgan fingerprint density at radius 2 is 1.37 bits per heavy atom. The molecule has 1 aromatic carbocycles. The first-order valence-corrected chi connectivity index (χ1v) is 23.3. The lowest BCUT2D eigenvalue weighted by Gasteiger charge is -2.05. The molecule has 0 atom stereocenters. The number of aldehydes is 1. The topological polar surface area (TPSA) is 374 Å². The Morgan fingerprint density at radius 1 is 0.816 bits per heavy atom. The molecule has 25 heteroatoms. The first kappa shape index (κ1) is 60.2. The number of H-pyrrole nitrogens is 2. The van der Waals surface area contributed by atoms with Crippen LogP contribution in [-0.2, 0) is 9.59 Å². The zero-order chi connectivity index (χ0) is 56.3. The smallest absolute Gasteiger partial charge is 0.267 e. The number of benzene rings is 1. The second-order valence-corrected chi connectivity index (χ2v) is 17.0. The third-order valence-electron chi connectivity index (χ3n) is 8.82. The zero-order valence-electron chi connectivity index (χ0n) is 39.4. The van der Waals surface area contributed by atoms with Gasteiger partial charge in [0.25, 0.3) is 22.7 Å². The first-order chi connectivity index (χ1) is 36.4. The molecule has 1 amide bonds. The highest BCUT2D eigenvalue weighted by Crippen LogP contribution is 2.42. The number of furan rings is 4. The zero-order valence-corrected chi connectivity index (χ0v) is 43.5. The van der Waals surface area contributed by atoms with Crippen molar-refractivity contribution in [2.24, 2.45) is 5.73 Å². The van der Waals surface area contributed by atoms with Crippen LogP contribution in [0.2, 0.25) is 0 Å². The SMILES string of the molecule is CC(=O)/C(C#N)=C\c1ccco1.CC(=O)CC#N.N#CCC(N)=S.N#Cc1c(S)[nH]c(=O)c(C#N)c1-c1ccco1.O=Cc1ccco1.[C-]#[N+]c1c(-c2ccco2)c2c(N)c(C(=O)Nc3ccc(Br)cc3)sc2[nH]c1=O. The molecule has 76 heavy (non-hydrogen) atoms. The highest BCUT2D eigenvalue weighted by molar-refractivity contribution is 9.10. The number of thiocarbonyl (C=S) groups is 1. The lowest BCUT2D eigenvalue weighted by Crippen LogP contribution is -2.14. The quantitative estimate of drug-likeness (QED) is 0.0195. The number of Topliss-reactive ketones (excluding diaryl/α,β-unsaturated/α-hetero) is 2. The molecule has 0 radical (unpaired) electrons. The number of allylic oxidation sites excluding steroid dienone is 1. The fraction of sp³-hybridized carbons (Fsp3) is 0.0784. The van der Waals surface area contributed by atoms with E-state index in [1.807, 2.05) is 6.07 Å². The van der Waals surface area contributed by atoms with E-state index in [0.717, 1.165) is 15.8 Å². The van der Waals surface area contributed by atoms with E-state index in [-0.39, 0.29) is 78.5 Å². The standard InChI is InChI=1S/C19H11BrN4O3S.C11H5N3O2S.C9H7NO2.C5H4O2.C4H5NO.C3H4N2S/c1-22-15-12(11-3-2-8-27-11)13-14(21)16(28-19(13)24-17(15)25)18(26)23-10-6-4-9(20)5-7-10;12-4-6-9(8-2-1-3-16-8)7(5-13)11(17)14-10(6)15;1-7(11)8(6-10)5-9-3-2-4-12-9;6-4-5-2-1-3-7-5;1-4(6)2-3-5;4-2-1-3(5)6/h2-8H,21H2,(H,23,26)(H,24,25);1-3H,(H2,14,15,17);2-5H,1H3;1-4H;2H2,1H3;1H2,(H2,5,6)/b;;8-5-;;;. The Balaban J connectivity index is 0.000000270. The number of nitrogens with one attached hydrogen (secondary N) is 3. The third kappa shape index (κ3) is 17.6. The number of hydrogen-bond donors (Lipinski definition) is 6. The Kier molecular flexibility index (Phi) is 24.3. The average molecular weight is 1140 g/mol. The number of amides is 1. The van der Waals surface area contributed by atoms with Gasteiger partial charge in [0.1, 0.15) is 56.5 Å². The van der Waals surface area contributed by atoms with Gasteiger partial charge in [-0.05, 0) is 86.6 Å². The number of halogens is 1. The number of thiol groups is 1. The van der Waals surface area contributed by atoms with Crippen LogP contribution < -0.4 is 27.9 Å². The number of anilines is 2. The van der Waals surface area contributed by atoms with Gasteiger partial charge in [0.15, 0.2) is 17.8 Å². The van der Waals surface area contributed by atoms with Crippen molar-refractivity contribution in [3.8, 4) is 53.0 Å². The van der Waals surface area contributed by atoms with Gasteiger partial charge in [0.2, 0.25) is 0 Å². The molecule has 7 heterocycles. The van der Waals surface area contributed by atoms with Crippen LogP contribution in [-0.4, -0.2) is 38.7 Å². The van der Waals surface area contributed by atoms with Crippen LogP contribution in [0.1, 0.15) is 63.8 Å². The van der Waals surface area contributed by atoms with E-state index in [9.17, 15) is 28.8 Å². The van der Waals surface area contributed by atoms with Gasteiger partial charge in [-0.25, -0.2) is 4.85 Å². The van der Waals surface area contributed by atoms with Crippen molar-refractivity contribution in [2.75, 3.05) is 11.1 Å². The van der Waals surface area contributed by atoms with Crippen molar-refractivity contribution in [1.82, 2.24) is 9.97 Å². The number of aromatic nitrogens is 2. The van der Waals surface area contributed by atoms with E-state index in [4.69, 9.17) is 57.6 Å². The van der Waals surface area contributed by atoms with Crippen LogP contribution in [0.15, 0.2) is 140 Å². The molecule has 21 nitrogen and oxygen atoms in total. The molecular weight excluding hydrogens is 1100 g/mol. The number of nitriles is 5. The van der Waals surface area contributed by atoms with Gasteiger partial charge in [-0.15, -0.1) is 24.0 Å². The van der Waals surface area contributed by atoms with Crippen LogP contribution in [0.3, 0.4) is 0 Å². The van der Waals surface area contributed by atoms with Crippen molar-refractivity contribution in [3.63, 3.8) is 0 Å². The summed E-state index contributed by atoms with van der Waals surface area (Å²) in [6, 6.07) is 29.2. The van der Waals surface area contributed by atoms with E-state index in [2.05, 4.69) is 65.3 Å². The summed E-state index contributed by atoms with van der Waals surface area (Å²) in [7, 11) is 0. The highest BCUT2D eigenvalue weighted by Gasteiger charge is 2.25. The minimum absolute atomic E-state index is 0.0417. The number of nitrogens with two attached hydrogens (primary N) is 2. The second-order valence-electron chi connectivity index (χ2n) is 14.1. The number of nitrogens with zero attached hydrogens (tertiary/aromatic N) is 6. The Morgan fingerprint density at radius 3 is 1.78 bits per heavy atom. The molecule has 0 unspecified atom stereocenters. The van der Waals surface area contributed by atoms with Gasteiger partial charge in [0.05, 0.1) is 89.0 Å². The summed E-state index contributed by atoms with van der Waals surface area (Å²) in [5, 5.41) is 45.4. The van der Waals surface area contributed by atoms with E-state index in [1.165, 1.54) is 45.0 Å². The van der Waals surface area contributed by atoms with Crippen molar-refractivity contribution in [2.45, 2.75) is 31.7 Å². The Bertz CT molecular complexity index is 3720. The fourth-order valence-corrected chi connectivity index (χ4v) is 7.19. The number of thiophene rings is 1. The highest BCUT2D eigenvalue weighted by atomic mass is 79.9. The lowest BCUT2D eigenvalue weighted by molar-refractivity contribution is -0.116. The normalized spacial score (nSPS) is 9.63. The predicted molar refractivity (Wildman–Crippen MR) is 289 cm³/mol. The minimum Gasteiger partial charge on any atom is -0.466 e. The van der Waals surface area contributed by atoms with Gasteiger partial charge in [-0.2, -0.15) is 26.3 Å². The Hall–Kier alpha value is -10.1. The largest absolute Gasteiger partial charge is 0.466 e. The predicted octanol–water partition coefficient (Wildman–Crippen LogP) is 10.2. The molecule has 7 aromatic heterocycles. The molecule has 380 valence electrons. The summed E-state index contributed by atoms with van der Waals surface area (Å²) in [6.45, 7) is 10.1. The number of hydrogen-bond acceptors (Lipinski definition) is 19. The van der Waals surface area contributed by atoms with Crippen LogP contribution in [0.5, 0.6) is 0 Å². The maximum Gasteiger partial charge on any atom is 0.267 e. The summed E-state index contributed by atoms with van der Waals surface area (Å²) in [5.41, 5.74) is 11.2. The maximum atomic E-state index is 12.8. The van der Waals surface area contributed by atoms with Gasteiger partial charge < -0.3 is 44.4 Å². The summed E-state index contributed by atoms with van der Waals surface area (Å²) in [5.74, 6) is 0.788. The fourth-order valence-electron chi connectivity index (χ4n) is 5.58. The van der Waals surface area contributed by atoms with Gasteiger partial charge >= 0.3 is 0 Å². The number of pyridine rings is 2. The average Bonchev–Trinajstić information content (AvgIpc) is 4.26. The van der Waals surface area contributed by atoms with Crippen LogP contribution in [0.25, 0.3) is 43.8 Å². The maximum absolute atomic E-state index is 12.8. The molecular formula is C51H36BrN11O10S3. The number of fused-ring (bicyclic) bond motifs is 1. The van der Waals surface area contributed by atoms with Crippen molar-refractivity contribution >= 4 is 114 Å². The summed E-state index contributed by atoms with van der Waals surface area (Å²) >= 11 is 12.7. The van der Waals surface area contributed by atoms with E-state index < -0.39 is 17.0 Å². The van der Waals surface area contributed by atoms with E-state index in [1.54, 1.807) is 97.1 Å². The summed E-state index contributed by atoms with van der Waals surface area (Å²) < 4.78 is 21.0. The molecule has 8 aromatic rings. The van der Waals surface area contributed by atoms with Crippen LogP contribution in [0, 0.1) is 63.2 Å². The van der Waals surface area contributed by atoms with E-state index in [0.29, 0.717) is 45.2 Å². The first-order valence-electron chi connectivity index (χ1n) is 20.9. The van der Waals surface area contributed by atoms with Gasteiger partial charge in [-0.3, -0.25) is 28.8 Å². The summed E-state index contributed by atoms with van der Waals surface area (Å²) in [6.07, 6.45) is 8.11. The minimum atomic E-state index is -0.595. The molecule has 0 bridgehead atoms. The number of carbonyl (C=O) groups excluding carboxylic acids is 4. The number of rotatable bonds is 9. The van der Waals surface area contributed by atoms with Crippen LogP contribution >= 0.6 is 52.1 Å². The van der Waals surface area contributed by atoms with Crippen LogP contribution in [0.4, 0.5) is 17.1 Å². The summed E-state index contributed by atoms with van der Waals surface area (Å²) in [4.78, 5) is 76.3. The lowest BCUT2D eigenvalue weighted by atomic mass is 10.0. The molecule has 0 aliphatic heterocycles. The molecule has 8 rings (SSSR count). The number of ketones is 2. The van der Waals surface area contributed by atoms with Gasteiger partial charge in [0, 0.05) is 27.2 Å². The number of carbonyl (C=O) groups is 4. The monoisotopic (exact) mass is 1140 g/mol. The van der Waals surface area contributed by atoms with Crippen molar-refractivity contribution in [3.05, 3.63) is 168 Å². The third-order valence-corrected chi connectivity index (χ3v) is 10.9. The Labute approximate surface area is 453 Å². The number of nitrogen functional groups attached to an aromatic ring is 1. The second kappa shape index (κ2) is 30.7. The van der Waals surface area contributed by atoms with Crippen molar-refractivity contribution < 1.29 is 36.8 Å². The van der Waals surface area contributed by atoms with Crippen molar-refractivity contribution in [1.29, 1.82) is 26.3 Å². The number of aromatic amines is 2. The molecule has 0 saturated heterocycles. The van der Waals surface area contributed by atoms with E-state index >= 15 is 0 Å². The molecule has 0 aliphatic rings.